The summed E-state index contributed by atoms with van der Waals surface area (Å²) < 4.78 is 53.4. The SMILES string of the molecule is CC1(C)C(=O)N(c2ccc(F)c(C(F)(F)F)c2)C(=O)N1Cc1ccccc1Nc1ccccc1. The van der Waals surface area contributed by atoms with Gasteiger partial charge in [-0.2, -0.15) is 13.2 Å². The van der Waals surface area contributed by atoms with Gasteiger partial charge in [-0.3, -0.25) is 4.79 Å². The van der Waals surface area contributed by atoms with Crippen LogP contribution in [0.25, 0.3) is 0 Å². The van der Waals surface area contributed by atoms with Gasteiger partial charge < -0.3 is 10.2 Å². The molecular weight excluding hydrogens is 450 g/mol. The molecule has 3 aromatic carbocycles. The molecule has 0 bridgehead atoms. The van der Waals surface area contributed by atoms with Crippen LogP contribution in [-0.2, 0) is 17.5 Å². The van der Waals surface area contributed by atoms with Gasteiger partial charge in [0.05, 0.1) is 17.8 Å². The van der Waals surface area contributed by atoms with Gasteiger partial charge in [0, 0.05) is 11.4 Å². The second-order valence-corrected chi connectivity index (χ2v) is 8.38. The summed E-state index contributed by atoms with van der Waals surface area (Å²) in [4.78, 5) is 28.4. The molecule has 0 unspecified atom stereocenters. The van der Waals surface area contributed by atoms with Gasteiger partial charge in [0.15, 0.2) is 0 Å². The molecule has 1 heterocycles. The number of urea groups is 1. The van der Waals surface area contributed by atoms with Crippen molar-refractivity contribution in [2.24, 2.45) is 0 Å². The molecule has 0 aliphatic carbocycles. The summed E-state index contributed by atoms with van der Waals surface area (Å²) in [5.74, 6) is -2.18. The van der Waals surface area contributed by atoms with E-state index in [0.29, 0.717) is 28.3 Å². The Morgan fingerprint density at radius 2 is 1.56 bits per heavy atom. The van der Waals surface area contributed by atoms with Gasteiger partial charge in [-0.25, -0.2) is 14.1 Å². The number of nitrogens with one attached hydrogen (secondary N) is 1. The fraction of sp³-hybridized carbons (Fsp3) is 0.200. The van der Waals surface area contributed by atoms with E-state index in [4.69, 9.17) is 0 Å². The summed E-state index contributed by atoms with van der Waals surface area (Å²) in [6.45, 7) is 3.07. The molecule has 5 nitrogen and oxygen atoms in total. The fourth-order valence-electron chi connectivity index (χ4n) is 3.83. The highest BCUT2D eigenvalue weighted by Crippen LogP contribution is 2.38. The average molecular weight is 471 g/mol. The van der Waals surface area contributed by atoms with E-state index < -0.39 is 35.0 Å². The first kappa shape index (κ1) is 23.3. The van der Waals surface area contributed by atoms with Crippen LogP contribution >= 0.6 is 0 Å². The standard InChI is InChI=1S/C25H21F4N3O2/c1-24(2)22(33)32(18-12-13-20(26)19(14-18)25(27,28)29)23(34)31(24)15-16-8-6-7-11-21(16)30-17-9-4-3-5-10-17/h3-14,30H,15H2,1-2H3. The van der Waals surface area contributed by atoms with E-state index in [1.54, 1.807) is 12.1 Å². The van der Waals surface area contributed by atoms with Crippen molar-refractivity contribution in [2.75, 3.05) is 10.2 Å². The van der Waals surface area contributed by atoms with Crippen molar-refractivity contribution >= 4 is 29.0 Å². The number of anilines is 3. The Morgan fingerprint density at radius 1 is 0.912 bits per heavy atom. The summed E-state index contributed by atoms with van der Waals surface area (Å²) in [5, 5.41) is 3.27. The van der Waals surface area contributed by atoms with Crippen LogP contribution in [0.15, 0.2) is 72.8 Å². The number of halogens is 4. The van der Waals surface area contributed by atoms with Crippen molar-refractivity contribution in [2.45, 2.75) is 32.1 Å². The van der Waals surface area contributed by atoms with Crippen molar-refractivity contribution in [1.82, 2.24) is 4.90 Å². The van der Waals surface area contributed by atoms with Crippen LogP contribution in [0, 0.1) is 5.82 Å². The quantitative estimate of drug-likeness (QED) is 0.349. The topological polar surface area (TPSA) is 52.7 Å². The van der Waals surface area contributed by atoms with Crippen molar-refractivity contribution in [3.05, 3.63) is 89.7 Å². The van der Waals surface area contributed by atoms with Gasteiger partial charge in [-0.1, -0.05) is 36.4 Å². The molecule has 1 aliphatic rings. The molecule has 0 spiro atoms. The Kier molecular flexibility index (Phi) is 5.80. The molecule has 4 rings (SSSR count). The van der Waals surface area contributed by atoms with E-state index in [0.717, 1.165) is 11.8 Å². The predicted octanol–water partition coefficient (Wildman–Crippen LogP) is 6.34. The number of imide groups is 1. The van der Waals surface area contributed by atoms with Crippen LogP contribution in [0.4, 0.5) is 39.4 Å². The normalized spacial score (nSPS) is 15.7. The average Bonchev–Trinajstić information content (AvgIpc) is 2.95. The molecule has 1 fully saturated rings. The van der Waals surface area contributed by atoms with Gasteiger partial charge in [-0.15, -0.1) is 0 Å². The molecule has 1 N–H and O–H groups in total. The lowest BCUT2D eigenvalue weighted by Crippen LogP contribution is -2.43. The zero-order valence-electron chi connectivity index (χ0n) is 18.4. The zero-order valence-corrected chi connectivity index (χ0v) is 18.4. The highest BCUT2D eigenvalue weighted by atomic mass is 19.4. The first-order chi connectivity index (χ1) is 16.0. The number of carbonyl (C=O) groups excluding carboxylic acids is 2. The minimum Gasteiger partial charge on any atom is -0.355 e. The lowest BCUT2D eigenvalue weighted by molar-refractivity contribution is -0.140. The number of benzene rings is 3. The number of hydrogen-bond acceptors (Lipinski definition) is 3. The number of hydrogen-bond donors (Lipinski definition) is 1. The lowest BCUT2D eigenvalue weighted by Gasteiger charge is -2.28. The van der Waals surface area contributed by atoms with Crippen molar-refractivity contribution in [3.63, 3.8) is 0 Å². The molecule has 34 heavy (non-hydrogen) atoms. The van der Waals surface area contributed by atoms with E-state index in [2.05, 4.69) is 5.32 Å². The molecule has 3 amide bonds. The maximum Gasteiger partial charge on any atom is 0.419 e. The number of carbonyl (C=O) groups is 2. The summed E-state index contributed by atoms with van der Waals surface area (Å²) in [6.07, 6.45) is -4.97. The minimum atomic E-state index is -4.97. The highest BCUT2D eigenvalue weighted by Gasteiger charge is 2.52. The van der Waals surface area contributed by atoms with Gasteiger partial charge in [0.2, 0.25) is 0 Å². The lowest BCUT2D eigenvalue weighted by atomic mass is 10.0. The van der Waals surface area contributed by atoms with Crippen LogP contribution in [0.2, 0.25) is 0 Å². The summed E-state index contributed by atoms with van der Waals surface area (Å²) >= 11 is 0. The second kappa shape index (κ2) is 8.48. The van der Waals surface area contributed by atoms with E-state index in [-0.39, 0.29) is 12.2 Å². The van der Waals surface area contributed by atoms with Crippen LogP contribution in [0.1, 0.15) is 25.0 Å². The third-order valence-corrected chi connectivity index (χ3v) is 5.74. The third-order valence-electron chi connectivity index (χ3n) is 5.74. The Hall–Kier alpha value is -3.88. The third kappa shape index (κ3) is 4.21. The Morgan fingerprint density at radius 3 is 2.24 bits per heavy atom. The van der Waals surface area contributed by atoms with Gasteiger partial charge in [0.25, 0.3) is 5.91 Å². The summed E-state index contributed by atoms with van der Waals surface area (Å²) in [5.41, 5.74) is -0.981. The van der Waals surface area contributed by atoms with Crippen molar-refractivity contribution < 1.29 is 27.2 Å². The van der Waals surface area contributed by atoms with Crippen molar-refractivity contribution in [3.8, 4) is 0 Å². The number of rotatable bonds is 5. The van der Waals surface area contributed by atoms with E-state index >= 15 is 0 Å². The predicted molar refractivity (Wildman–Crippen MR) is 120 cm³/mol. The van der Waals surface area contributed by atoms with Crippen LogP contribution in [0.3, 0.4) is 0 Å². The number of nitrogens with zero attached hydrogens (tertiary/aromatic N) is 2. The molecule has 9 heteroatoms. The number of para-hydroxylation sites is 2. The van der Waals surface area contributed by atoms with Crippen LogP contribution in [-0.4, -0.2) is 22.4 Å². The summed E-state index contributed by atoms with van der Waals surface area (Å²) in [6, 6.07) is 17.9. The zero-order chi connectivity index (χ0) is 24.7. The van der Waals surface area contributed by atoms with E-state index in [1.165, 1.54) is 18.7 Å². The first-order valence-electron chi connectivity index (χ1n) is 10.4. The van der Waals surface area contributed by atoms with Gasteiger partial charge in [-0.05, 0) is 55.8 Å². The van der Waals surface area contributed by atoms with Crippen LogP contribution < -0.4 is 10.2 Å². The van der Waals surface area contributed by atoms with E-state index in [9.17, 15) is 27.2 Å². The molecule has 3 aromatic rings. The maximum atomic E-state index is 13.8. The molecule has 0 aromatic heterocycles. The number of alkyl halides is 3. The van der Waals surface area contributed by atoms with Crippen molar-refractivity contribution in [1.29, 1.82) is 0 Å². The summed E-state index contributed by atoms with van der Waals surface area (Å²) in [7, 11) is 0. The maximum absolute atomic E-state index is 13.8. The molecule has 1 aliphatic heterocycles. The second-order valence-electron chi connectivity index (χ2n) is 8.38. The smallest absolute Gasteiger partial charge is 0.355 e. The molecular formula is C25H21F4N3O2. The van der Waals surface area contributed by atoms with E-state index in [1.807, 2.05) is 42.5 Å². The molecule has 0 atom stereocenters. The number of amides is 3. The van der Waals surface area contributed by atoms with Gasteiger partial charge >= 0.3 is 12.2 Å². The largest absolute Gasteiger partial charge is 0.419 e. The molecule has 0 saturated carbocycles. The van der Waals surface area contributed by atoms with Gasteiger partial charge in [0.1, 0.15) is 11.4 Å². The molecule has 0 radical (unpaired) electrons. The Labute approximate surface area is 193 Å². The monoisotopic (exact) mass is 471 g/mol. The minimum absolute atomic E-state index is 0.0252. The molecule has 176 valence electrons. The van der Waals surface area contributed by atoms with Crippen LogP contribution in [0.5, 0.6) is 0 Å². The Bertz CT molecular complexity index is 1240. The first-order valence-corrected chi connectivity index (χ1v) is 10.4. The highest BCUT2D eigenvalue weighted by molar-refractivity contribution is 6.23. The fourth-order valence-corrected chi connectivity index (χ4v) is 3.83. The molecule has 1 saturated heterocycles. The Balaban J connectivity index is 1.67.